The number of carbonyl (C=O) groups is 1. The summed E-state index contributed by atoms with van der Waals surface area (Å²) in [6.07, 6.45) is 5.19. The van der Waals surface area contributed by atoms with Crippen LogP contribution in [-0.4, -0.2) is 51.7 Å². The molecule has 0 aromatic carbocycles. The second kappa shape index (κ2) is 5.58. The molecule has 1 amide bonds. The zero-order valence-corrected chi connectivity index (χ0v) is 14.8. The lowest BCUT2D eigenvalue weighted by Crippen LogP contribution is -2.43. The van der Waals surface area contributed by atoms with Crippen molar-refractivity contribution in [3.8, 4) is 0 Å². The highest BCUT2D eigenvalue weighted by Gasteiger charge is 2.43. The van der Waals surface area contributed by atoms with Crippen LogP contribution in [0.25, 0.3) is 5.65 Å². The highest BCUT2D eigenvalue weighted by molar-refractivity contribution is 5.78. The third-order valence-corrected chi connectivity index (χ3v) is 5.56. The van der Waals surface area contributed by atoms with E-state index in [1.165, 1.54) is 5.69 Å². The molecule has 1 saturated heterocycles. The molecule has 26 heavy (non-hydrogen) atoms. The monoisotopic (exact) mass is 352 g/mol. The summed E-state index contributed by atoms with van der Waals surface area (Å²) in [5, 5.41) is 16.0. The van der Waals surface area contributed by atoms with Gasteiger partial charge in [0.2, 0.25) is 5.91 Å². The van der Waals surface area contributed by atoms with Gasteiger partial charge >= 0.3 is 0 Å². The Bertz CT molecular complexity index is 1010. The Morgan fingerprint density at radius 1 is 1.31 bits per heavy atom. The van der Waals surface area contributed by atoms with Crippen molar-refractivity contribution < 1.29 is 4.79 Å². The summed E-state index contributed by atoms with van der Waals surface area (Å²) < 4.78 is 3.64. The second-order valence-corrected chi connectivity index (χ2v) is 7.17. The van der Waals surface area contributed by atoms with Crippen molar-refractivity contribution in [2.24, 2.45) is 0 Å². The molecule has 0 aliphatic carbocycles. The predicted molar refractivity (Wildman–Crippen MR) is 91.2 cm³/mol. The van der Waals surface area contributed by atoms with Crippen LogP contribution in [0, 0.1) is 13.8 Å². The Morgan fingerprint density at radius 2 is 2.19 bits per heavy atom. The molecule has 0 N–H and O–H groups in total. The third kappa shape index (κ3) is 2.23. The number of hydrogen-bond acceptors (Lipinski definition) is 6. The first-order valence-electron chi connectivity index (χ1n) is 9.00. The zero-order valence-electron chi connectivity index (χ0n) is 14.8. The first-order chi connectivity index (χ1) is 12.6. The fraction of sp³-hybridized carbons (Fsp3) is 0.529. The summed E-state index contributed by atoms with van der Waals surface area (Å²) in [6.45, 7) is 4.33. The Morgan fingerprint density at radius 3 is 3.00 bits per heavy atom. The number of tetrazole rings is 1. The molecule has 2 aliphatic rings. The summed E-state index contributed by atoms with van der Waals surface area (Å²) in [5.41, 5.74) is 4.19. The van der Waals surface area contributed by atoms with E-state index in [9.17, 15) is 4.79 Å². The van der Waals surface area contributed by atoms with Crippen molar-refractivity contribution in [3.05, 3.63) is 35.0 Å². The smallest absolute Gasteiger partial charge is 0.225 e. The van der Waals surface area contributed by atoms with E-state index in [2.05, 4.69) is 30.5 Å². The fourth-order valence-corrected chi connectivity index (χ4v) is 4.37. The molecule has 2 atom stereocenters. The number of rotatable bonds is 3. The summed E-state index contributed by atoms with van der Waals surface area (Å²) in [5.74, 6) is 0.889. The van der Waals surface area contributed by atoms with Crippen LogP contribution >= 0.6 is 0 Å². The van der Waals surface area contributed by atoms with E-state index in [-0.39, 0.29) is 18.0 Å². The van der Waals surface area contributed by atoms with Crippen molar-refractivity contribution in [2.75, 3.05) is 0 Å². The molecule has 1 fully saturated rings. The van der Waals surface area contributed by atoms with Crippen LogP contribution in [0.1, 0.15) is 48.1 Å². The van der Waals surface area contributed by atoms with Gasteiger partial charge in [0, 0.05) is 36.7 Å². The van der Waals surface area contributed by atoms with Gasteiger partial charge in [0.25, 0.3) is 0 Å². The Balaban J connectivity index is 1.43. The largest absolute Gasteiger partial charge is 0.332 e. The van der Waals surface area contributed by atoms with Gasteiger partial charge in [-0.2, -0.15) is 5.10 Å². The average molecular weight is 352 g/mol. The minimum Gasteiger partial charge on any atom is -0.332 e. The van der Waals surface area contributed by atoms with Gasteiger partial charge in [0.15, 0.2) is 5.65 Å². The van der Waals surface area contributed by atoms with Crippen molar-refractivity contribution in [1.29, 1.82) is 0 Å². The maximum absolute atomic E-state index is 12.9. The molecule has 9 nitrogen and oxygen atoms in total. The van der Waals surface area contributed by atoms with E-state index >= 15 is 0 Å². The maximum atomic E-state index is 12.9. The maximum Gasteiger partial charge on any atom is 0.225 e. The van der Waals surface area contributed by atoms with Crippen molar-refractivity contribution >= 4 is 11.6 Å². The van der Waals surface area contributed by atoms with E-state index in [0.717, 1.165) is 42.0 Å². The molecule has 2 unspecified atom stereocenters. The molecule has 0 spiro atoms. The van der Waals surface area contributed by atoms with Crippen LogP contribution < -0.4 is 0 Å². The van der Waals surface area contributed by atoms with Gasteiger partial charge in [-0.25, -0.2) is 14.2 Å². The number of hydrogen-bond donors (Lipinski definition) is 0. The second-order valence-electron chi connectivity index (χ2n) is 7.17. The first-order valence-corrected chi connectivity index (χ1v) is 9.00. The molecule has 0 radical (unpaired) electrons. The number of amides is 1. The van der Waals surface area contributed by atoms with E-state index in [1.807, 2.05) is 30.6 Å². The molecule has 3 aromatic heterocycles. The number of aryl methyl sites for hydroxylation is 3. The predicted octanol–water partition coefficient (Wildman–Crippen LogP) is 1.01. The van der Waals surface area contributed by atoms with Crippen LogP contribution in [-0.2, 0) is 17.8 Å². The quantitative estimate of drug-likeness (QED) is 0.698. The van der Waals surface area contributed by atoms with Crippen LogP contribution in [0.2, 0.25) is 0 Å². The molecule has 5 rings (SSSR count). The molecular formula is C17H20N8O. The highest BCUT2D eigenvalue weighted by Crippen LogP contribution is 2.43. The molecule has 2 aliphatic heterocycles. The zero-order chi connectivity index (χ0) is 17.8. The Labute approximate surface area is 150 Å². The molecule has 134 valence electrons. The number of fused-ring (bicyclic) bond motifs is 6. The molecule has 0 saturated carbocycles. The fourth-order valence-electron chi connectivity index (χ4n) is 4.37. The SMILES string of the molecule is Cc1cc2ncc3c(n2n1)CC1CCC3N1C(=O)CCn1nnnc1C. The van der Waals surface area contributed by atoms with Crippen LogP contribution in [0.3, 0.4) is 0 Å². The third-order valence-electron chi connectivity index (χ3n) is 5.56. The summed E-state index contributed by atoms with van der Waals surface area (Å²) >= 11 is 0. The van der Waals surface area contributed by atoms with Gasteiger partial charge < -0.3 is 4.90 Å². The normalized spacial score (nSPS) is 21.4. The van der Waals surface area contributed by atoms with Crippen LogP contribution in [0.15, 0.2) is 12.3 Å². The molecular weight excluding hydrogens is 332 g/mol. The Kier molecular flexibility index (Phi) is 3.31. The highest BCUT2D eigenvalue weighted by atomic mass is 16.2. The standard InChI is InChI=1S/C17H20N8O/c1-10-7-16-18-9-13-14-4-3-12(8-15(13)25(16)20-10)24(14)17(26)5-6-23-11(2)19-21-22-23/h7,9,12,14H,3-6,8H2,1-2H3. The van der Waals surface area contributed by atoms with E-state index in [0.29, 0.717) is 13.0 Å². The van der Waals surface area contributed by atoms with Crippen molar-refractivity contribution in [2.45, 2.75) is 58.2 Å². The van der Waals surface area contributed by atoms with Crippen molar-refractivity contribution in [1.82, 2.24) is 39.7 Å². The summed E-state index contributed by atoms with van der Waals surface area (Å²) in [6, 6.07) is 2.34. The lowest BCUT2D eigenvalue weighted by molar-refractivity contribution is -0.135. The van der Waals surface area contributed by atoms with Crippen molar-refractivity contribution in [3.63, 3.8) is 0 Å². The van der Waals surface area contributed by atoms with Crippen LogP contribution in [0.5, 0.6) is 0 Å². The summed E-state index contributed by atoms with van der Waals surface area (Å²) in [7, 11) is 0. The molecule has 2 bridgehead atoms. The van der Waals surface area contributed by atoms with E-state index < -0.39 is 0 Å². The van der Waals surface area contributed by atoms with Gasteiger partial charge in [0.05, 0.1) is 24.0 Å². The molecule has 5 heterocycles. The number of aromatic nitrogens is 7. The van der Waals surface area contributed by atoms with E-state index in [1.54, 1.807) is 4.68 Å². The van der Waals surface area contributed by atoms with Gasteiger partial charge in [-0.1, -0.05) is 0 Å². The van der Waals surface area contributed by atoms with Gasteiger partial charge in [-0.3, -0.25) is 4.79 Å². The average Bonchev–Trinajstić information content (AvgIpc) is 3.29. The number of carbonyl (C=O) groups excluding carboxylic acids is 1. The minimum atomic E-state index is 0.104. The molecule has 9 heteroatoms. The van der Waals surface area contributed by atoms with Gasteiger partial charge in [0.1, 0.15) is 5.82 Å². The lowest BCUT2D eigenvalue weighted by atomic mass is 9.98. The Hall–Kier alpha value is -2.84. The van der Waals surface area contributed by atoms with Crippen LogP contribution in [0.4, 0.5) is 0 Å². The first kappa shape index (κ1) is 15.4. The lowest BCUT2D eigenvalue weighted by Gasteiger charge is -2.36. The molecule has 3 aromatic rings. The van der Waals surface area contributed by atoms with Gasteiger partial charge in [-0.05, 0) is 37.1 Å². The van der Waals surface area contributed by atoms with E-state index in [4.69, 9.17) is 0 Å². The van der Waals surface area contributed by atoms with Gasteiger partial charge in [-0.15, -0.1) is 5.10 Å². The topological polar surface area (TPSA) is 94.1 Å². The minimum absolute atomic E-state index is 0.104. The number of nitrogens with zero attached hydrogens (tertiary/aromatic N) is 8. The summed E-state index contributed by atoms with van der Waals surface area (Å²) in [4.78, 5) is 19.6.